The van der Waals surface area contributed by atoms with Crippen molar-refractivity contribution in [2.45, 2.75) is 42.7 Å². The topological polar surface area (TPSA) is 73.9 Å². The third-order valence-corrected chi connectivity index (χ3v) is 5.15. The van der Waals surface area contributed by atoms with Crippen molar-refractivity contribution in [2.24, 2.45) is 0 Å². The Morgan fingerprint density at radius 1 is 1.16 bits per heavy atom. The maximum absolute atomic E-state index is 12.6. The molecule has 1 aliphatic carbocycles. The van der Waals surface area contributed by atoms with Gasteiger partial charge in [-0.15, -0.1) is 11.6 Å². The van der Waals surface area contributed by atoms with E-state index in [1.807, 2.05) is 0 Å². The van der Waals surface area contributed by atoms with E-state index in [2.05, 4.69) is 5.32 Å². The lowest BCUT2D eigenvalue weighted by Gasteiger charge is -2.38. The third kappa shape index (κ3) is 4.44. The first-order chi connectivity index (χ1) is 12.0. The summed E-state index contributed by atoms with van der Waals surface area (Å²) in [7, 11) is 4.53. The number of amides is 1. The van der Waals surface area contributed by atoms with E-state index in [4.69, 9.17) is 25.8 Å². The molecule has 1 N–H and O–H groups in total. The fourth-order valence-corrected chi connectivity index (χ4v) is 3.32. The van der Waals surface area contributed by atoms with Gasteiger partial charge >= 0.3 is 5.97 Å². The second kappa shape index (κ2) is 8.54. The third-order valence-electron chi connectivity index (χ3n) is 4.70. The zero-order chi connectivity index (χ0) is 18.4. The van der Waals surface area contributed by atoms with Gasteiger partial charge in [-0.05, 0) is 43.4 Å². The van der Waals surface area contributed by atoms with Crippen LogP contribution in [0, 0.1) is 0 Å². The highest BCUT2D eigenvalue weighted by molar-refractivity contribution is 6.31. The van der Waals surface area contributed by atoms with Crippen molar-refractivity contribution in [3.8, 4) is 5.75 Å². The van der Waals surface area contributed by atoms with Crippen LogP contribution in [0.1, 0.15) is 36.6 Å². The molecular weight excluding hydrogens is 346 g/mol. The maximum Gasteiger partial charge on any atom is 0.331 e. The number of rotatable bonds is 6. The highest BCUT2D eigenvalue weighted by atomic mass is 35.5. The molecule has 0 aliphatic heterocycles. The van der Waals surface area contributed by atoms with Crippen LogP contribution in [0.25, 0.3) is 0 Å². The van der Waals surface area contributed by atoms with Crippen molar-refractivity contribution < 1.29 is 23.8 Å². The van der Waals surface area contributed by atoms with E-state index in [1.165, 1.54) is 7.11 Å². The van der Waals surface area contributed by atoms with Gasteiger partial charge in [0.05, 0.1) is 20.3 Å². The van der Waals surface area contributed by atoms with Gasteiger partial charge in [0.15, 0.2) is 0 Å². The lowest BCUT2D eigenvalue weighted by molar-refractivity contribution is -0.153. The number of carbonyl (C=O) groups is 2. The first-order valence-electron chi connectivity index (χ1n) is 8.17. The summed E-state index contributed by atoms with van der Waals surface area (Å²) in [6.07, 6.45) is 2.33. The minimum Gasteiger partial charge on any atom is -0.497 e. The molecular formula is C18H24ClNO5. The van der Waals surface area contributed by atoms with Crippen molar-refractivity contribution in [1.29, 1.82) is 0 Å². The first kappa shape index (κ1) is 19.5. The minimum atomic E-state index is -1.06. The average molecular weight is 370 g/mol. The minimum absolute atomic E-state index is 0.0862. The monoisotopic (exact) mass is 369 g/mol. The number of ether oxygens (including phenoxy) is 3. The summed E-state index contributed by atoms with van der Waals surface area (Å²) in [5.41, 5.74) is -0.425. The van der Waals surface area contributed by atoms with Crippen LogP contribution >= 0.6 is 11.6 Å². The number of halogens is 1. The van der Waals surface area contributed by atoms with Gasteiger partial charge in [-0.25, -0.2) is 4.79 Å². The van der Waals surface area contributed by atoms with E-state index < -0.39 is 22.8 Å². The molecule has 0 radical (unpaired) electrons. The van der Waals surface area contributed by atoms with Crippen LogP contribution in [0.2, 0.25) is 0 Å². The van der Waals surface area contributed by atoms with Crippen LogP contribution in [-0.2, 0) is 19.1 Å². The van der Waals surface area contributed by atoms with E-state index in [-0.39, 0.29) is 6.10 Å². The van der Waals surface area contributed by atoms with Crippen LogP contribution in [0.5, 0.6) is 5.75 Å². The zero-order valence-corrected chi connectivity index (χ0v) is 15.5. The highest BCUT2D eigenvalue weighted by Crippen LogP contribution is 2.32. The quantitative estimate of drug-likeness (QED) is 0.616. The van der Waals surface area contributed by atoms with Gasteiger partial charge in [0, 0.05) is 7.11 Å². The Balaban J connectivity index is 2.12. The summed E-state index contributed by atoms with van der Waals surface area (Å²) in [4.78, 5) is 25.0. The van der Waals surface area contributed by atoms with Gasteiger partial charge < -0.3 is 19.5 Å². The zero-order valence-electron chi connectivity index (χ0n) is 14.7. The number of hydrogen-bond acceptors (Lipinski definition) is 5. The summed E-state index contributed by atoms with van der Waals surface area (Å²) in [5, 5.41) is 1.91. The van der Waals surface area contributed by atoms with Crippen molar-refractivity contribution >= 4 is 23.5 Å². The molecule has 2 rings (SSSR count). The van der Waals surface area contributed by atoms with Gasteiger partial charge in [0.2, 0.25) is 5.91 Å². The highest BCUT2D eigenvalue weighted by Gasteiger charge is 2.45. The Morgan fingerprint density at radius 2 is 1.76 bits per heavy atom. The van der Waals surface area contributed by atoms with Crippen LogP contribution < -0.4 is 10.1 Å². The molecule has 6 nitrogen and oxygen atoms in total. The Hall–Kier alpha value is -1.79. The molecule has 1 aromatic rings. The standard InChI is InChI=1S/C18H24ClNO5/c1-23-13-6-4-12(5-7-13)15(19)16(21)20-18(17(22)25-3)10-8-14(24-2)9-11-18/h4-7,14-15H,8-11H2,1-3H3,(H,20,21). The SMILES string of the molecule is COC(=O)C1(NC(=O)C(Cl)c2ccc(OC)cc2)CCC(OC)CC1. The molecule has 1 unspecified atom stereocenters. The molecule has 7 heteroatoms. The van der Waals surface area contributed by atoms with Crippen molar-refractivity contribution in [3.63, 3.8) is 0 Å². The second-order valence-electron chi connectivity index (χ2n) is 6.13. The summed E-state index contributed by atoms with van der Waals surface area (Å²) >= 11 is 6.31. The lowest BCUT2D eigenvalue weighted by atomic mass is 9.80. The molecule has 0 spiro atoms. The summed E-state index contributed by atoms with van der Waals surface area (Å²) in [6, 6.07) is 6.92. The number of esters is 1. The molecule has 25 heavy (non-hydrogen) atoms. The normalized spacial score (nSPS) is 24.2. The van der Waals surface area contributed by atoms with Gasteiger partial charge in [-0.3, -0.25) is 4.79 Å². The van der Waals surface area contributed by atoms with Gasteiger partial charge in [0.25, 0.3) is 0 Å². The van der Waals surface area contributed by atoms with Gasteiger partial charge in [-0.2, -0.15) is 0 Å². The van der Waals surface area contributed by atoms with E-state index in [0.29, 0.717) is 37.0 Å². The molecule has 1 aliphatic rings. The average Bonchev–Trinajstić information content (AvgIpc) is 2.67. The number of carbonyl (C=O) groups excluding carboxylic acids is 2. The first-order valence-corrected chi connectivity index (χ1v) is 8.60. The number of alkyl halides is 1. The smallest absolute Gasteiger partial charge is 0.331 e. The van der Waals surface area contributed by atoms with E-state index in [0.717, 1.165) is 0 Å². The summed E-state index contributed by atoms with van der Waals surface area (Å²) in [5.74, 6) is -0.195. The molecule has 138 valence electrons. The Morgan fingerprint density at radius 3 is 2.24 bits per heavy atom. The summed E-state index contributed by atoms with van der Waals surface area (Å²) < 4.78 is 15.4. The molecule has 0 bridgehead atoms. The summed E-state index contributed by atoms with van der Waals surface area (Å²) in [6.45, 7) is 0. The molecule has 0 heterocycles. The molecule has 1 amide bonds. The van der Waals surface area contributed by atoms with Crippen LogP contribution in [0.3, 0.4) is 0 Å². The molecule has 0 aromatic heterocycles. The largest absolute Gasteiger partial charge is 0.497 e. The molecule has 1 fully saturated rings. The number of methoxy groups -OCH3 is 3. The number of hydrogen-bond donors (Lipinski definition) is 1. The van der Waals surface area contributed by atoms with E-state index >= 15 is 0 Å². The molecule has 1 aromatic carbocycles. The second-order valence-corrected chi connectivity index (χ2v) is 6.57. The number of benzene rings is 1. The Labute approximate surface area is 152 Å². The lowest BCUT2D eigenvalue weighted by Crippen LogP contribution is -2.58. The van der Waals surface area contributed by atoms with Crippen molar-refractivity contribution in [2.75, 3.05) is 21.3 Å². The van der Waals surface area contributed by atoms with E-state index in [1.54, 1.807) is 38.5 Å². The van der Waals surface area contributed by atoms with Crippen molar-refractivity contribution in [1.82, 2.24) is 5.32 Å². The van der Waals surface area contributed by atoms with Crippen LogP contribution in [0.4, 0.5) is 0 Å². The van der Waals surface area contributed by atoms with Crippen molar-refractivity contribution in [3.05, 3.63) is 29.8 Å². The molecule has 1 atom stereocenters. The van der Waals surface area contributed by atoms with Gasteiger partial charge in [-0.1, -0.05) is 12.1 Å². The predicted octanol–water partition coefficient (Wildman–Crippen LogP) is 2.59. The van der Waals surface area contributed by atoms with Crippen LogP contribution in [-0.4, -0.2) is 44.8 Å². The number of nitrogens with one attached hydrogen (secondary N) is 1. The maximum atomic E-state index is 12.6. The van der Waals surface area contributed by atoms with E-state index in [9.17, 15) is 9.59 Å². The molecule has 1 saturated carbocycles. The fraction of sp³-hybridized carbons (Fsp3) is 0.556. The Kier molecular flexibility index (Phi) is 6.67. The van der Waals surface area contributed by atoms with Crippen LogP contribution in [0.15, 0.2) is 24.3 Å². The molecule has 0 saturated heterocycles. The Bertz CT molecular complexity index is 596. The predicted molar refractivity (Wildman–Crippen MR) is 93.7 cm³/mol. The van der Waals surface area contributed by atoms with Gasteiger partial charge in [0.1, 0.15) is 16.7 Å². The fourth-order valence-electron chi connectivity index (χ4n) is 3.12.